The molecule has 1 fully saturated rings. The van der Waals surface area contributed by atoms with E-state index in [1.165, 1.54) is 30.3 Å². The van der Waals surface area contributed by atoms with Gasteiger partial charge in [-0.05, 0) is 43.3 Å². The number of hydrogen-bond donors (Lipinski definition) is 1. The van der Waals surface area contributed by atoms with E-state index in [9.17, 15) is 19.5 Å². The third-order valence-electron chi connectivity index (χ3n) is 4.53. The van der Waals surface area contributed by atoms with Gasteiger partial charge in [0.05, 0.1) is 23.4 Å². The molecule has 0 unspecified atom stereocenters. The summed E-state index contributed by atoms with van der Waals surface area (Å²) in [7, 11) is 0. The van der Waals surface area contributed by atoms with Crippen LogP contribution in [0.3, 0.4) is 0 Å². The van der Waals surface area contributed by atoms with E-state index in [1.807, 2.05) is 0 Å². The molecule has 10 heteroatoms. The quantitative estimate of drug-likeness (QED) is 0.456. The van der Waals surface area contributed by atoms with Crippen LogP contribution < -0.4 is 4.90 Å². The first-order valence-corrected chi connectivity index (χ1v) is 10.3. The number of phenols is 1. The van der Waals surface area contributed by atoms with Gasteiger partial charge in [0, 0.05) is 6.42 Å². The number of nitrogens with zero attached hydrogens (tertiary/aromatic N) is 3. The Labute approximate surface area is 181 Å². The molecule has 1 aliphatic rings. The second-order valence-electron chi connectivity index (χ2n) is 6.54. The molecule has 2 heterocycles. The predicted octanol–water partition coefficient (Wildman–Crippen LogP) is 3.04. The summed E-state index contributed by atoms with van der Waals surface area (Å²) in [6.45, 7) is 1.96. The van der Waals surface area contributed by atoms with Crippen molar-refractivity contribution in [3.05, 3.63) is 54.1 Å². The molecule has 1 aromatic heterocycles. The zero-order chi connectivity index (χ0) is 22.0. The minimum absolute atomic E-state index is 0.00717. The van der Waals surface area contributed by atoms with E-state index in [1.54, 1.807) is 25.1 Å². The fourth-order valence-electron chi connectivity index (χ4n) is 3.07. The number of ether oxygens (including phenoxy) is 1. The van der Waals surface area contributed by atoms with Crippen molar-refractivity contribution in [1.29, 1.82) is 0 Å². The third kappa shape index (κ3) is 4.15. The zero-order valence-electron chi connectivity index (χ0n) is 16.3. The van der Waals surface area contributed by atoms with Gasteiger partial charge < -0.3 is 14.3 Å². The molecule has 4 rings (SSSR count). The predicted molar refractivity (Wildman–Crippen MR) is 111 cm³/mol. The number of benzene rings is 2. The Morgan fingerprint density at radius 2 is 1.94 bits per heavy atom. The number of thioether (sulfide) groups is 1. The minimum atomic E-state index is -0.727. The topological polar surface area (TPSA) is 123 Å². The van der Waals surface area contributed by atoms with E-state index in [4.69, 9.17) is 9.15 Å². The summed E-state index contributed by atoms with van der Waals surface area (Å²) >= 11 is 0.989. The van der Waals surface area contributed by atoms with E-state index in [2.05, 4.69) is 10.2 Å². The maximum absolute atomic E-state index is 12.8. The molecule has 9 nitrogen and oxygen atoms in total. The summed E-state index contributed by atoms with van der Waals surface area (Å²) in [6.07, 6.45) is -0.0303. The molecule has 3 aromatic rings. The average molecular weight is 439 g/mol. The fourth-order valence-corrected chi connectivity index (χ4v) is 3.96. The number of aromatic nitrogens is 2. The van der Waals surface area contributed by atoms with Crippen molar-refractivity contribution in [2.75, 3.05) is 11.5 Å². The summed E-state index contributed by atoms with van der Waals surface area (Å²) in [5, 5.41) is 17.1. The molecule has 2 aromatic carbocycles. The first-order chi connectivity index (χ1) is 15.0. The molecule has 1 saturated heterocycles. The molecule has 1 N–H and O–H groups in total. The normalized spacial score (nSPS) is 16.0. The van der Waals surface area contributed by atoms with Gasteiger partial charge in [-0.2, -0.15) is 0 Å². The van der Waals surface area contributed by atoms with Crippen LogP contribution in [0.15, 0.2) is 58.2 Å². The lowest BCUT2D eigenvalue weighted by Crippen LogP contribution is -2.31. The molecule has 0 bridgehead atoms. The Morgan fingerprint density at radius 3 is 2.65 bits per heavy atom. The first-order valence-electron chi connectivity index (χ1n) is 9.40. The van der Waals surface area contributed by atoms with Crippen LogP contribution in [0, 0.1) is 0 Å². The molecular formula is C21H17N3O6S. The molecule has 0 saturated carbocycles. The highest BCUT2D eigenvalue weighted by Crippen LogP contribution is 2.35. The molecule has 1 aliphatic heterocycles. The number of hydrogen-bond acceptors (Lipinski definition) is 9. The Hall–Kier alpha value is -3.66. The lowest BCUT2D eigenvalue weighted by atomic mass is 10.2. The summed E-state index contributed by atoms with van der Waals surface area (Å²) in [6, 6.07) is 12.6. The highest BCUT2D eigenvalue weighted by atomic mass is 32.2. The van der Waals surface area contributed by atoms with Crippen molar-refractivity contribution in [2.45, 2.75) is 23.8 Å². The van der Waals surface area contributed by atoms with Crippen molar-refractivity contribution >= 4 is 35.2 Å². The highest BCUT2D eigenvalue weighted by Gasteiger charge is 2.41. The number of phenolic OH excluding ortho intramolecular Hbond substituents is 1. The van der Waals surface area contributed by atoms with Gasteiger partial charge >= 0.3 is 5.97 Å². The van der Waals surface area contributed by atoms with E-state index in [0.717, 1.165) is 16.7 Å². The lowest BCUT2D eigenvalue weighted by Gasteiger charge is -2.14. The van der Waals surface area contributed by atoms with Gasteiger partial charge in [-0.15, -0.1) is 10.2 Å². The van der Waals surface area contributed by atoms with Crippen LogP contribution in [0.2, 0.25) is 0 Å². The van der Waals surface area contributed by atoms with Gasteiger partial charge in [-0.25, -0.2) is 9.69 Å². The van der Waals surface area contributed by atoms with Crippen LogP contribution in [0.5, 0.6) is 5.75 Å². The second kappa shape index (κ2) is 8.60. The summed E-state index contributed by atoms with van der Waals surface area (Å²) in [5.74, 6) is -1.15. The number of para-hydroxylation sites is 1. The van der Waals surface area contributed by atoms with Crippen LogP contribution in [0.4, 0.5) is 5.69 Å². The van der Waals surface area contributed by atoms with Crippen LogP contribution in [-0.2, 0) is 14.3 Å². The van der Waals surface area contributed by atoms with E-state index in [-0.39, 0.29) is 35.8 Å². The van der Waals surface area contributed by atoms with Gasteiger partial charge in [0.25, 0.3) is 11.1 Å². The first kappa shape index (κ1) is 20.6. The zero-order valence-corrected chi connectivity index (χ0v) is 17.2. The van der Waals surface area contributed by atoms with Gasteiger partial charge in [-0.3, -0.25) is 9.59 Å². The summed E-state index contributed by atoms with van der Waals surface area (Å²) in [5.41, 5.74) is 1.07. The van der Waals surface area contributed by atoms with Crippen molar-refractivity contribution < 1.29 is 28.6 Å². The van der Waals surface area contributed by atoms with Gasteiger partial charge in [0.15, 0.2) is 0 Å². The number of imide groups is 1. The van der Waals surface area contributed by atoms with Gasteiger partial charge in [0.1, 0.15) is 11.0 Å². The van der Waals surface area contributed by atoms with Crippen molar-refractivity contribution in [1.82, 2.24) is 10.2 Å². The largest absolute Gasteiger partial charge is 0.507 e. The summed E-state index contributed by atoms with van der Waals surface area (Å²) in [4.78, 5) is 38.2. The fraction of sp³-hybridized carbons (Fsp3) is 0.190. The number of rotatable bonds is 6. The standard InChI is InChI=1S/C21H17N3O6S/c1-2-29-20(28)12-7-9-13(10-8-12)24-17(26)11-16(19(24)27)31-21-23-22-18(30-21)14-5-3-4-6-15(14)25/h3-10,16,25H,2,11H2,1H3/t16-/m1/s1. The number of amides is 2. The smallest absolute Gasteiger partial charge is 0.338 e. The third-order valence-corrected chi connectivity index (χ3v) is 5.55. The number of carbonyl (C=O) groups excluding carboxylic acids is 3. The van der Waals surface area contributed by atoms with E-state index in [0.29, 0.717) is 16.8 Å². The second-order valence-corrected chi connectivity index (χ2v) is 7.69. The lowest BCUT2D eigenvalue weighted by molar-refractivity contribution is -0.121. The van der Waals surface area contributed by atoms with Crippen LogP contribution in [0.1, 0.15) is 23.7 Å². The van der Waals surface area contributed by atoms with Gasteiger partial charge in [0.2, 0.25) is 11.8 Å². The molecule has 0 radical (unpaired) electrons. The average Bonchev–Trinajstić information content (AvgIpc) is 3.33. The van der Waals surface area contributed by atoms with Crippen LogP contribution >= 0.6 is 11.8 Å². The Balaban J connectivity index is 1.48. The Kier molecular flexibility index (Phi) is 5.72. The monoisotopic (exact) mass is 439 g/mol. The number of carbonyl (C=O) groups is 3. The molecule has 0 aliphatic carbocycles. The van der Waals surface area contributed by atoms with Crippen molar-refractivity contribution in [3.63, 3.8) is 0 Å². The number of esters is 1. The van der Waals surface area contributed by atoms with Gasteiger partial charge in [-0.1, -0.05) is 23.9 Å². The maximum Gasteiger partial charge on any atom is 0.338 e. The van der Waals surface area contributed by atoms with E-state index >= 15 is 0 Å². The molecule has 1 atom stereocenters. The maximum atomic E-state index is 12.8. The minimum Gasteiger partial charge on any atom is -0.507 e. The molecule has 31 heavy (non-hydrogen) atoms. The number of anilines is 1. The SMILES string of the molecule is CCOC(=O)c1ccc(N2C(=O)C[C@@H](Sc3nnc(-c4ccccc4O)o3)C2=O)cc1. The summed E-state index contributed by atoms with van der Waals surface area (Å²) < 4.78 is 10.5. The van der Waals surface area contributed by atoms with Crippen LogP contribution in [0.25, 0.3) is 11.5 Å². The Morgan fingerprint density at radius 1 is 1.19 bits per heavy atom. The molecular weight excluding hydrogens is 422 g/mol. The molecule has 158 valence electrons. The number of aromatic hydroxyl groups is 1. The highest BCUT2D eigenvalue weighted by molar-refractivity contribution is 8.00. The van der Waals surface area contributed by atoms with Crippen LogP contribution in [-0.4, -0.2) is 44.9 Å². The Bertz CT molecular complexity index is 1140. The molecule has 2 amide bonds. The van der Waals surface area contributed by atoms with Crippen molar-refractivity contribution in [2.24, 2.45) is 0 Å². The van der Waals surface area contributed by atoms with E-state index < -0.39 is 17.1 Å². The van der Waals surface area contributed by atoms with Crippen molar-refractivity contribution in [3.8, 4) is 17.2 Å². The molecule has 0 spiro atoms.